The summed E-state index contributed by atoms with van der Waals surface area (Å²) < 4.78 is 0. The Morgan fingerprint density at radius 2 is 2.18 bits per heavy atom. The Balaban J connectivity index is 2.58. The third-order valence-electron chi connectivity index (χ3n) is 2.58. The Morgan fingerprint density at radius 1 is 1.47 bits per heavy atom. The molecule has 4 N–H and O–H groups in total. The Labute approximate surface area is 106 Å². The molecule has 6 heteroatoms. The first-order valence-electron chi connectivity index (χ1n) is 5.57. The first kappa shape index (κ1) is 14.0. The highest BCUT2D eigenvalue weighted by molar-refractivity contribution is 6.32. The molecule has 0 fully saturated rings. The molecule has 0 aliphatic carbocycles. The molecule has 1 heterocycles. The van der Waals surface area contributed by atoms with E-state index in [-0.39, 0.29) is 17.2 Å². The van der Waals surface area contributed by atoms with Crippen LogP contribution in [-0.4, -0.2) is 28.2 Å². The van der Waals surface area contributed by atoms with Gasteiger partial charge in [0.15, 0.2) is 11.0 Å². The van der Waals surface area contributed by atoms with E-state index in [1.165, 1.54) is 6.33 Å². The number of aromatic nitrogens is 2. The van der Waals surface area contributed by atoms with Gasteiger partial charge in [0.25, 0.3) is 0 Å². The summed E-state index contributed by atoms with van der Waals surface area (Å²) in [5.41, 5.74) is 6.18. The Hall–Kier alpha value is -1.07. The van der Waals surface area contributed by atoms with Crippen LogP contribution in [0.25, 0.3) is 0 Å². The number of nitrogen functional groups attached to an aromatic ring is 1. The maximum Gasteiger partial charge on any atom is 0.157 e. The Kier molecular flexibility index (Phi) is 4.96. The van der Waals surface area contributed by atoms with Gasteiger partial charge in [0, 0.05) is 13.2 Å². The van der Waals surface area contributed by atoms with Crippen LogP contribution in [0.15, 0.2) is 6.33 Å². The first-order chi connectivity index (χ1) is 7.96. The molecule has 96 valence electrons. The van der Waals surface area contributed by atoms with Crippen LogP contribution in [0.4, 0.5) is 11.5 Å². The van der Waals surface area contributed by atoms with Gasteiger partial charge in [-0.25, -0.2) is 9.97 Å². The van der Waals surface area contributed by atoms with Gasteiger partial charge in [-0.2, -0.15) is 0 Å². The van der Waals surface area contributed by atoms with Crippen molar-refractivity contribution in [1.29, 1.82) is 0 Å². The van der Waals surface area contributed by atoms with Gasteiger partial charge >= 0.3 is 0 Å². The zero-order valence-corrected chi connectivity index (χ0v) is 11.0. The van der Waals surface area contributed by atoms with Crippen LogP contribution in [0.2, 0.25) is 5.15 Å². The third kappa shape index (κ3) is 4.36. The molecule has 0 bridgehead atoms. The summed E-state index contributed by atoms with van der Waals surface area (Å²) in [7, 11) is 0. The predicted molar refractivity (Wildman–Crippen MR) is 70.0 cm³/mol. The molecule has 0 saturated carbocycles. The van der Waals surface area contributed by atoms with Crippen molar-refractivity contribution < 1.29 is 5.11 Å². The Morgan fingerprint density at radius 3 is 2.82 bits per heavy atom. The normalized spacial score (nSPS) is 11.5. The van der Waals surface area contributed by atoms with E-state index in [4.69, 9.17) is 22.4 Å². The second-order valence-electron chi connectivity index (χ2n) is 4.77. The van der Waals surface area contributed by atoms with Crippen molar-refractivity contribution in [2.24, 2.45) is 5.41 Å². The largest absolute Gasteiger partial charge is 0.396 e. The van der Waals surface area contributed by atoms with Gasteiger partial charge in [0.2, 0.25) is 0 Å². The smallest absolute Gasteiger partial charge is 0.157 e. The van der Waals surface area contributed by atoms with E-state index in [1.54, 1.807) is 0 Å². The monoisotopic (exact) mass is 258 g/mol. The number of aliphatic hydroxyl groups excluding tert-OH is 1. The molecule has 5 nitrogen and oxygen atoms in total. The zero-order chi connectivity index (χ0) is 12.9. The number of halogens is 1. The fourth-order valence-electron chi connectivity index (χ4n) is 1.48. The number of aliphatic hydroxyl groups is 1. The molecule has 0 aliphatic rings. The van der Waals surface area contributed by atoms with E-state index in [0.717, 1.165) is 12.8 Å². The second-order valence-corrected chi connectivity index (χ2v) is 5.13. The highest BCUT2D eigenvalue weighted by atomic mass is 35.5. The summed E-state index contributed by atoms with van der Waals surface area (Å²) in [6, 6.07) is 0. The molecule has 1 aromatic heterocycles. The van der Waals surface area contributed by atoms with Crippen molar-refractivity contribution in [1.82, 2.24) is 9.97 Å². The highest BCUT2D eigenvalue weighted by Gasteiger charge is 2.18. The van der Waals surface area contributed by atoms with Gasteiger partial charge in [0.1, 0.15) is 12.0 Å². The average molecular weight is 259 g/mol. The number of nitrogens with one attached hydrogen (secondary N) is 1. The minimum Gasteiger partial charge on any atom is -0.396 e. The first-order valence-corrected chi connectivity index (χ1v) is 5.95. The van der Waals surface area contributed by atoms with Gasteiger partial charge in [-0.05, 0) is 18.3 Å². The van der Waals surface area contributed by atoms with Gasteiger partial charge in [0.05, 0.1) is 0 Å². The molecule has 0 saturated heterocycles. The van der Waals surface area contributed by atoms with E-state index in [2.05, 4.69) is 29.1 Å². The maximum absolute atomic E-state index is 8.82. The quantitative estimate of drug-likeness (QED) is 0.679. The Bertz CT molecular complexity index is 370. The van der Waals surface area contributed by atoms with Gasteiger partial charge in [-0.3, -0.25) is 0 Å². The molecule has 1 aromatic rings. The van der Waals surface area contributed by atoms with Crippen molar-refractivity contribution in [2.45, 2.75) is 26.7 Å². The summed E-state index contributed by atoms with van der Waals surface area (Å²) in [6.07, 6.45) is 3.09. The number of rotatable bonds is 6. The van der Waals surface area contributed by atoms with Crippen LogP contribution >= 0.6 is 11.6 Å². The van der Waals surface area contributed by atoms with E-state index < -0.39 is 0 Å². The van der Waals surface area contributed by atoms with Crippen LogP contribution in [0.5, 0.6) is 0 Å². The predicted octanol–water partition coefficient (Wildman–Crippen LogP) is 1.92. The number of hydrogen-bond donors (Lipinski definition) is 3. The summed E-state index contributed by atoms with van der Waals surface area (Å²) >= 11 is 5.80. The van der Waals surface area contributed by atoms with Crippen molar-refractivity contribution >= 4 is 23.1 Å². The maximum atomic E-state index is 8.82. The lowest BCUT2D eigenvalue weighted by atomic mass is 9.88. The SMILES string of the molecule is CC(C)(CCCO)CNc1ncnc(Cl)c1N. The van der Waals surface area contributed by atoms with Crippen molar-refractivity contribution in [2.75, 3.05) is 24.2 Å². The van der Waals surface area contributed by atoms with Crippen molar-refractivity contribution in [3.05, 3.63) is 11.5 Å². The molecule has 0 atom stereocenters. The molecular formula is C11H19ClN4O. The van der Waals surface area contributed by atoms with Crippen molar-refractivity contribution in [3.8, 4) is 0 Å². The molecule has 0 aliphatic heterocycles. The molecule has 0 unspecified atom stereocenters. The lowest BCUT2D eigenvalue weighted by molar-refractivity contribution is 0.248. The van der Waals surface area contributed by atoms with Crippen LogP contribution in [-0.2, 0) is 0 Å². The summed E-state index contributed by atoms with van der Waals surface area (Å²) in [5.74, 6) is 0.557. The third-order valence-corrected chi connectivity index (χ3v) is 2.88. The van der Waals surface area contributed by atoms with Gasteiger partial charge in [-0.15, -0.1) is 0 Å². The fourth-order valence-corrected chi connectivity index (χ4v) is 1.62. The van der Waals surface area contributed by atoms with E-state index in [9.17, 15) is 0 Å². The van der Waals surface area contributed by atoms with Crippen LogP contribution in [0.3, 0.4) is 0 Å². The average Bonchev–Trinajstić information content (AvgIpc) is 2.29. The van der Waals surface area contributed by atoms with E-state index >= 15 is 0 Å². The number of nitrogens with zero attached hydrogens (tertiary/aromatic N) is 2. The lowest BCUT2D eigenvalue weighted by Gasteiger charge is -2.25. The molecule has 0 radical (unpaired) electrons. The number of anilines is 2. The van der Waals surface area contributed by atoms with Gasteiger partial charge in [-0.1, -0.05) is 25.4 Å². The number of nitrogens with two attached hydrogens (primary N) is 1. The topological polar surface area (TPSA) is 84.1 Å². The number of hydrogen-bond acceptors (Lipinski definition) is 5. The van der Waals surface area contributed by atoms with Crippen LogP contribution in [0, 0.1) is 5.41 Å². The molecule has 1 rings (SSSR count). The lowest BCUT2D eigenvalue weighted by Crippen LogP contribution is -2.24. The highest BCUT2D eigenvalue weighted by Crippen LogP contribution is 2.26. The standard InChI is InChI=1S/C11H19ClN4O/c1-11(2,4-3-5-17)6-14-10-8(13)9(12)15-7-16-10/h7,17H,3-6,13H2,1-2H3,(H,14,15,16). The molecule has 0 spiro atoms. The molecule has 0 aromatic carbocycles. The minimum absolute atomic E-state index is 0.0621. The minimum atomic E-state index is 0.0621. The molecule has 17 heavy (non-hydrogen) atoms. The zero-order valence-electron chi connectivity index (χ0n) is 10.2. The summed E-state index contributed by atoms with van der Waals surface area (Å²) in [4.78, 5) is 7.83. The summed E-state index contributed by atoms with van der Waals surface area (Å²) in [5, 5.41) is 12.2. The van der Waals surface area contributed by atoms with E-state index in [0.29, 0.717) is 18.1 Å². The molecule has 0 amide bonds. The van der Waals surface area contributed by atoms with Crippen LogP contribution < -0.4 is 11.1 Å². The van der Waals surface area contributed by atoms with Crippen LogP contribution in [0.1, 0.15) is 26.7 Å². The van der Waals surface area contributed by atoms with Crippen molar-refractivity contribution in [3.63, 3.8) is 0 Å². The van der Waals surface area contributed by atoms with Gasteiger partial charge < -0.3 is 16.2 Å². The molecular weight excluding hydrogens is 240 g/mol. The fraction of sp³-hybridized carbons (Fsp3) is 0.636. The summed E-state index contributed by atoms with van der Waals surface area (Å²) in [6.45, 7) is 5.17. The second kappa shape index (κ2) is 6.02. The van der Waals surface area contributed by atoms with E-state index in [1.807, 2.05) is 0 Å².